The summed E-state index contributed by atoms with van der Waals surface area (Å²) in [6, 6.07) is 20.6. The first-order valence-electron chi connectivity index (χ1n) is 5.13. The summed E-state index contributed by atoms with van der Waals surface area (Å²) in [7, 11) is 0. The van der Waals surface area contributed by atoms with Crippen LogP contribution in [0.25, 0.3) is 0 Å². The second-order valence-electron chi connectivity index (χ2n) is 3.17. The van der Waals surface area contributed by atoms with E-state index in [1.54, 1.807) is 0 Å². The number of benzene rings is 2. The van der Waals surface area contributed by atoms with Crippen molar-refractivity contribution in [3.05, 3.63) is 60.7 Å². The minimum atomic E-state index is 0.530. The predicted octanol–water partition coefficient (Wildman–Crippen LogP) is 2.74. The van der Waals surface area contributed by atoms with Gasteiger partial charge in [-0.05, 0) is 36.4 Å². The van der Waals surface area contributed by atoms with E-state index in [0.717, 1.165) is 11.5 Å². The summed E-state index contributed by atoms with van der Waals surface area (Å²) in [5.41, 5.74) is 0. The zero-order valence-corrected chi connectivity index (χ0v) is 8.85. The average Bonchev–Trinajstić information content (AvgIpc) is 2.37. The second kappa shape index (κ2) is 5.81. The smallest absolute Gasteiger partial charge is 0.122 e. The molecule has 0 spiro atoms. The Morgan fingerprint density at radius 1 is 0.688 bits per heavy atom. The molecule has 16 heavy (non-hydrogen) atoms. The molecule has 80 valence electrons. The SMILES string of the molecule is [c]1ccc(OCCOc2cc[c]cc2)cc1. The highest BCUT2D eigenvalue weighted by Crippen LogP contribution is 2.09. The highest BCUT2D eigenvalue weighted by molar-refractivity contribution is 5.21. The first-order valence-corrected chi connectivity index (χ1v) is 5.13. The van der Waals surface area contributed by atoms with Crippen molar-refractivity contribution in [2.45, 2.75) is 0 Å². The number of rotatable bonds is 5. The van der Waals surface area contributed by atoms with Crippen molar-refractivity contribution in [2.75, 3.05) is 13.2 Å². The van der Waals surface area contributed by atoms with E-state index in [1.165, 1.54) is 0 Å². The molecule has 0 atom stereocenters. The zero-order valence-electron chi connectivity index (χ0n) is 8.85. The summed E-state index contributed by atoms with van der Waals surface area (Å²) in [5, 5.41) is 0. The third-order valence-electron chi connectivity index (χ3n) is 2.00. The average molecular weight is 212 g/mol. The molecule has 0 saturated heterocycles. The standard InChI is InChI=1S/C14H12O2/c1-3-7-13(8-4-1)15-11-12-16-14-9-5-2-6-10-14/h3-10H,11-12H2. The Labute approximate surface area is 95.4 Å². The molecule has 0 unspecified atom stereocenters. The lowest BCUT2D eigenvalue weighted by molar-refractivity contribution is 0.217. The largest absolute Gasteiger partial charge is 0.490 e. The van der Waals surface area contributed by atoms with Crippen LogP contribution in [-0.4, -0.2) is 13.2 Å². The fourth-order valence-electron chi connectivity index (χ4n) is 1.25. The van der Waals surface area contributed by atoms with E-state index < -0.39 is 0 Å². The highest BCUT2D eigenvalue weighted by atomic mass is 16.5. The molecule has 0 aliphatic heterocycles. The lowest BCUT2D eigenvalue weighted by Crippen LogP contribution is -2.08. The predicted molar refractivity (Wildman–Crippen MR) is 61.5 cm³/mol. The molecule has 2 aromatic carbocycles. The minimum absolute atomic E-state index is 0.530. The van der Waals surface area contributed by atoms with E-state index >= 15 is 0 Å². The molecule has 0 aromatic heterocycles. The van der Waals surface area contributed by atoms with Crippen molar-refractivity contribution in [1.29, 1.82) is 0 Å². The van der Waals surface area contributed by atoms with E-state index in [1.807, 2.05) is 48.5 Å². The van der Waals surface area contributed by atoms with Gasteiger partial charge < -0.3 is 9.47 Å². The summed E-state index contributed by atoms with van der Waals surface area (Å²) in [6.45, 7) is 1.06. The summed E-state index contributed by atoms with van der Waals surface area (Å²) in [6.07, 6.45) is 0. The van der Waals surface area contributed by atoms with Gasteiger partial charge >= 0.3 is 0 Å². The van der Waals surface area contributed by atoms with Crippen LogP contribution < -0.4 is 9.47 Å². The second-order valence-corrected chi connectivity index (χ2v) is 3.17. The maximum absolute atomic E-state index is 5.47. The zero-order chi connectivity index (χ0) is 11.1. The number of hydrogen-bond acceptors (Lipinski definition) is 2. The molecule has 0 N–H and O–H groups in total. The Kier molecular flexibility index (Phi) is 3.83. The molecule has 2 radical (unpaired) electrons. The fourth-order valence-corrected chi connectivity index (χ4v) is 1.25. The minimum Gasteiger partial charge on any atom is -0.490 e. The molecule has 2 aromatic rings. The molecular weight excluding hydrogens is 200 g/mol. The van der Waals surface area contributed by atoms with Crippen molar-refractivity contribution < 1.29 is 9.47 Å². The lowest BCUT2D eigenvalue weighted by atomic mass is 10.3. The van der Waals surface area contributed by atoms with Gasteiger partial charge in [0.1, 0.15) is 24.7 Å². The molecule has 0 bridgehead atoms. The molecule has 0 amide bonds. The van der Waals surface area contributed by atoms with Gasteiger partial charge in [-0.15, -0.1) is 0 Å². The molecular formula is C14H12O2. The Hall–Kier alpha value is -1.96. The van der Waals surface area contributed by atoms with Crippen LogP contribution in [0.4, 0.5) is 0 Å². The molecule has 0 heterocycles. The topological polar surface area (TPSA) is 18.5 Å². The van der Waals surface area contributed by atoms with E-state index in [2.05, 4.69) is 12.1 Å². The van der Waals surface area contributed by atoms with Gasteiger partial charge in [-0.2, -0.15) is 0 Å². The summed E-state index contributed by atoms with van der Waals surface area (Å²) in [5.74, 6) is 1.67. The molecule has 0 fully saturated rings. The summed E-state index contributed by atoms with van der Waals surface area (Å²) < 4.78 is 10.9. The lowest BCUT2D eigenvalue weighted by Gasteiger charge is -2.07. The van der Waals surface area contributed by atoms with E-state index in [9.17, 15) is 0 Å². The first kappa shape index (κ1) is 10.6. The monoisotopic (exact) mass is 212 g/mol. The highest BCUT2D eigenvalue weighted by Gasteiger charge is 1.93. The summed E-state index contributed by atoms with van der Waals surface area (Å²) in [4.78, 5) is 0. The van der Waals surface area contributed by atoms with Crippen molar-refractivity contribution >= 4 is 0 Å². The van der Waals surface area contributed by atoms with E-state index in [0.29, 0.717) is 13.2 Å². The molecule has 2 rings (SSSR count). The number of ether oxygens (including phenoxy) is 2. The molecule has 2 heteroatoms. The fraction of sp³-hybridized carbons (Fsp3) is 0.143. The van der Waals surface area contributed by atoms with Gasteiger partial charge in [0.05, 0.1) is 0 Å². The van der Waals surface area contributed by atoms with E-state index in [-0.39, 0.29) is 0 Å². The summed E-state index contributed by atoms with van der Waals surface area (Å²) >= 11 is 0. The Bertz CT molecular complexity index is 356. The van der Waals surface area contributed by atoms with Crippen LogP contribution in [0.15, 0.2) is 48.5 Å². The third kappa shape index (κ3) is 3.31. The third-order valence-corrected chi connectivity index (χ3v) is 2.00. The van der Waals surface area contributed by atoms with Gasteiger partial charge in [-0.1, -0.05) is 24.3 Å². The van der Waals surface area contributed by atoms with Gasteiger partial charge in [-0.3, -0.25) is 0 Å². The quantitative estimate of drug-likeness (QED) is 0.709. The van der Waals surface area contributed by atoms with Gasteiger partial charge in [0, 0.05) is 0 Å². The Morgan fingerprint density at radius 3 is 1.44 bits per heavy atom. The first-order chi connectivity index (χ1) is 7.95. The molecule has 0 saturated carbocycles. The van der Waals surface area contributed by atoms with Crippen molar-refractivity contribution in [3.63, 3.8) is 0 Å². The van der Waals surface area contributed by atoms with Crippen LogP contribution in [0.2, 0.25) is 0 Å². The Morgan fingerprint density at radius 2 is 1.06 bits per heavy atom. The van der Waals surface area contributed by atoms with Gasteiger partial charge in [0.2, 0.25) is 0 Å². The van der Waals surface area contributed by atoms with Crippen molar-refractivity contribution in [2.24, 2.45) is 0 Å². The van der Waals surface area contributed by atoms with Crippen LogP contribution in [0.5, 0.6) is 11.5 Å². The van der Waals surface area contributed by atoms with Crippen molar-refractivity contribution in [3.8, 4) is 11.5 Å². The van der Waals surface area contributed by atoms with Crippen LogP contribution >= 0.6 is 0 Å². The Balaban J connectivity index is 1.70. The van der Waals surface area contributed by atoms with Crippen LogP contribution in [0.3, 0.4) is 0 Å². The van der Waals surface area contributed by atoms with Gasteiger partial charge in [-0.25, -0.2) is 0 Å². The normalized spacial score (nSPS) is 9.75. The van der Waals surface area contributed by atoms with Crippen LogP contribution in [-0.2, 0) is 0 Å². The van der Waals surface area contributed by atoms with Gasteiger partial charge in [0.15, 0.2) is 0 Å². The number of hydrogen-bond donors (Lipinski definition) is 0. The molecule has 0 aliphatic rings. The van der Waals surface area contributed by atoms with Gasteiger partial charge in [0.25, 0.3) is 0 Å². The van der Waals surface area contributed by atoms with Crippen LogP contribution in [0, 0.1) is 12.1 Å². The maximum atomic E-state index is 5.47. The van der Waals surface area contributed by atoms with Crippen LogP contribution in [0.1, 0.15) is 0 Å². The molecule has 2 nitrogen and oxygen atoms in total. The van der Waals surface area contributed by atoms with E-state index in [4.69, 9.17) is 9.47 Å². The maximum Gasteiger partial charge on any atom is 0.122 e. The molecule has 0 aliphatic carbocycles. The van der Waals surface area contributed by atoms with Crippen molar-refractivity contribution in [1.82, 2.24) is 0 Å².